The first-order chi connectivity index (χ1) is 14.2. The fraction of sp³-hybridized carbons (Fsp3) is 0.364. The monoisotopic (exact) mass is 410 g/mol. The highest BCUT2D eigenvalue weighted by Gasteiger charge is 2.14. The van der Waals surface area contributed by atoms with Gasteiger partial charge in [-0.3, -0.25) is 4.79 Å². The number of aryl methyl sites for hydroxylation is 2. The van der Waals surface area contributed by atoms with Crippen molar-refractivity contribution in [3.8, 4) is 0 Å². The van der Waals surface area contributed by atoms with Gasteiger partial charge in [-0.25, -0.2) is 4.98 Å². The molecule has 0 radical (unpaired) electrons. The summed E-state index contributed by atoms with van der Waals surface area (Å²) < 4.78 is 7.57. The second-order valence-corrected chi connectivity index (χ2v) is 8.01. The first-order valence-corrected chi connectivity index (χ1v) is 11.0. The molecule has 2 aromatic carbocycles. The molecular formula is C22H26N4O2S. The van der Waals surface area contributed by atoms with Crippen molar-refractivity contribution in [2.75, 3.05) is 42.3 Å². The lowest BCUT2D eigenvalue weighted by molar-refractivity contribution is -0.113. The van der Waals surface area contributed by atoms with Gasteiger partial charge in [-0.05, 0) is 49.7 Å². The van der Waals surface area contributed by atoms with Crippen molar-refractivity contribution in [1.29, 1.82) is 0 Å². The largest absolute Gasteiger partial charge is 0.378 e. The number of fused-ring (bicyclic) bond motifs is 1. The van der Waals surface area contributed by atoms with Gasteiger partial charge in [-0.2, -0.15) is 0 Å². The number of ether oxygens (including phenoxy) is 1. The number of imidazole rings is 1. The minimum Gasteiger partial charge on any atom is -0.378 e. The Hall–Kier alpha value is -2.51. The van der Waals surface area contributed by atoms with E-state index in [9.17, 15) is 4.79 Å². The SMILES string of the molecule is CCn1c(SCC(=O)Nc2ccc(N3CCOCC3)cc2C)nc2ccccc21. The number of hydrogen-bond donors (Lipinski definition) is 1. The Morgan fingerprint density at radius 2 is 2.00 bits per heavy atom. The van der Waals surface area contributed by atoms with E-state index in [1.54, 1.807) is 0 Å². The Kier molecular flexibility index (Phi) is 6.06. The number of rotatable bonds is 6. The fourth-order valence-electron chi connectivity index (χ4n) is 3.59. The molecule has 1 fully saturated rings. The summed E-state index contributed by atoms with van der Waals surface area (Å²) >= 11 is 1.47. The number of nitrogens with one attached hydrogen (secondary N) is 1. The molecule has 1 aliphatic rings. The summed E-state index contributed by atoms with van der Waals surface area (Å²) in [5, 5.41) is 3.92. The number of hydrogen-bond acceptors (Lipinski definition) is 5. The number of amides is 1. The third kappa shape index (κ3) is 4.41. The zero-order valence-electron chi connectivity index (χ0n) is 16.9. The molecule has 0 unspecified atom stereocenters. The van der Waals surface area contributed by atoms with E-state index in [2.05, 4.69) is 44.9 Å². The average Bonchev–Trinajstić information content (AvgIpc) is 3.12. The molecule has 0 bridgehead atoms. The summed E-state index contributed by atoms with van der Waals surface area (Å²) in [6.45, 7) is 8.28. The lowest BCUT2D eigenvalue weighted by atomic mass is 10.1. The number of thioether (sulfide) groups is 1. The maximum Gasteiger partial charge on any atom is 0.234 e. The van der Waals surface area contributed by atoms with Crippen molar-refractivity contribution in [2.24, 2.45) is 0 Å². The van der Waals surface area contributed by atoms with Gasteiger partial charge in [0.2, 0.25) is 5.91 Å². The number of nitrogens with zero attached hydrogens (tertiary/aromatic N) is 3. The zero-order valence-corrected chi connectivity index (χ0v) is 17.7. The Balaban J connectivity index is 1.40. The van der Waals surface area contributed by atoms with Crippen molar-refractivity contribution in [3.63, 3.8) is 0 Å². The highest BCUT2D eigenvalue weighted by Crippen LogP contribution is 2.26. The summed E-state index contributed by atoms with van der Waals surface area (Å²) in [5.41, 5.74) is 5.17. The van der Waals surface area contributed by atoms with Gasteiger partial charge in [0.1, 0.15) is 0 Å². The van der Waals surface area contributed by atoms with Crippen LogP contribution in [0.5, 0.6) is 0 Å². The number of anilines is 2. The molecule has 0 spiro atoms. The van der Waals surface area contributed by atoms with Crippen LogP contribution in [0.2, 0.25) is 0 Å². The Morgan fingerprint density at radius 1 is 1.21 bits per heavy atom. The van der Waals surface area contributed by atoms with Crippen molar-refractivity contribution in [2.45, 2.75) is 25.5 Å². The fourth-order valence-corrected chi connectivity index (χ4v) is 4.47. The molecule has 1 aromatic heterocycles. The molecule has 2 heterocycles. The minimum atomic E-state index is -0.0214. The number of para-hydroxylation sites is 2. The van der Waals surface area contributed by atoms with Crippen LogP contribution >= 0.6 is 11.8 Å². The first-order valence-electron chi connectivity index (χ1n) is 9.97. The van der Waals surface area contributed by atoms with E-state index in [0.717, 1.165) is 60.3 Å². The number of morpholine rings is 1. The van der Waals surface area contributed by atoms with Gasteiger partial charge in [0.25, 0.3) is 0 Å². The first kappa shape index (κ1) is 19.8. The Bertz CT molecular complexity index is 1010. The molecule has 7 heteroatoms. The number of carbonyl (C=O) groups excluding carboxylic acids is 1. The third-order valence-corrected chi connectivity index (χ3v) is 6.10. The molecule has 1 saturated heterocycles. The van der Waals surface area contributed by atoms with Crippen molar-refractivity contribution >= 4 is 40.1 Å². The van der Waals surface area contributed by atoms with Gasteiger partial charge < -0.3 is 19.5 Å². The topological polar surface area (TPSA) is 59.4 Å². The van der Waals surface area contributed by atoms with Gasteiger partial charge in [0.15, 0.2) is 5.16 Å². The maximum atomic E-state index is 12.5. The summed E-state index contributed by atoms with van der Waals surface area (Å²) in [7, 11) is 0. The highest BCUT2D eigenvalue weighted by molar-refractivity contribution is 7.99. The van der Waals surface area contributed by atoms with Crippen LogP contribution in [0.1, 0.15) is 12.5 Å². The summed E-state index contributed by atoms with van der Waals surface area (Å²) in [4.78, 5) is 19.5. The second-order valence-electron chi connectivity index (χ2n) is 7.06. The van der Waals surface area contributed by atoms with Crippen LogP contribution in [0.15, 0.2) is 47.6 Å². The zero-order chi connectivity index (χ0) is 20.2. The van der Waals surface area contributed by atoms with Crippen LogP contribution in [0, 0.1) is 6.92 Å². The molecule has 4 rings (SSSR count). The predicted molar refractivity (Wildman–Crippen MR) is 119 cm³/mol. The van der Waals surface area contributed by atoms with E-state index in [1.807, 2.05) is 31.2 Å². The molecule has 0 aliphatic carbocycles. The van der Waals surface area contributed by atoms with E-state index >= 15 is 0 Å². The molecule has 3 aromatic rings. The van der Waals surface area contributed by atoms with Gasteiger partial charge >= 0.3 is 0 Å². The van der Waals surface area contributed by atoms with E-state index < -0.39 is 0 Å². The molecule has 1 amide bonds. The normalized spacial score (nSPS) is 14.3. The molecule has 0 saturated carbocycles. The van der Waals surface area contributed by atoms with Crippen LogP contribution in [-0.2, 0) is 16.1 Å². The highest BCUT2D eigenvalue weighted by atomic mass is 32.2. The van der Waals surface area contributed by atoms with Crippen LogP contribution in [-0.4, -0.2) is 47.5 Å². The molecule has 1 N–H and O–H groups in total. The predicted octanol–water partition coefficient (Wildman–Crippen LogP) is 3.93. The lowest BCUT2D eigenvalue weighted by Crippen LogP contribution is -2.36. The maximum absolute atomic E-state index is 12.5. The minimum absolute atomic E-state index is 0.0214. The quantitative estimate of drug-likeness (QED) is 0.624. The number of aromatic nitrogens is 2. The Labute approximate surface area is 175 Å². The van der Waals surface area contributed by atoms with Gasteiger partial charge in [-0.15, -0.1) is 0 Å². The lowest BCUT2D eigenvalue weighted by Gasteiger charge is -2.29. The van der Waals surface area contributed by atoms with Crippen molar-refractivity contribution in [3.05, 3.63) is 48.0 Å². The van der Waals surface area contributed by atoms with E-state index in [0.29, 0.717) is 5.75 Å². The Morgan fingerprint density at radius 3 is 2.76 bits per heavy atom. The third-order valence-electron chi connectivity index (χ3n) is 5.13. The van der Waals surface area contributed by atoms with Crippen LogP contribution in [0.3, 0.4) is 0 Å². The smallest absolute Gasteiger partial charge is 0.234 e. The van der Waals surface area contributed by atoms with Crippen molar-refractivity contribution in [1.82, 2.24) is 9.55 Å². The summed E-state index contributed by atoms with van der Waals surface area (Å²) in [6.07, 6.45) is 0. The van der Waals surface area contributed by atoms with E-state index in [4.69, 9.17) is 4.74 Å². The van der Waals surface area contributed by atoms with Crippen LogP contribution < -0.4 is 10.2 Å². The molecule has 0 atom stereocenters. The number of carbonyl (C=O) groups is 1. The van der Waals surface area contributed by atoms with Crippen LogP contribution in [0.4, 0.5) is 11.4 Å². The summed E-state index contributed by atoms with van der Waals surface area (Å²) in [5.74, 6) is 0.306. The molecule has 1 aliphatic heterocycles. The number of benzene rings is 2. The van der Waals surface area contributed by atoms with Gasteiger partial charge in [-0.1, -0.05) is 23.9 Å². The second kappa shape index (κ2) is 8.88. The van der Waals surface area contributed by atoms with Crippen LogP contribution in [0.25, 0.3) is 11.0 Å². The van der Waals surface area contributed by atoms with Gasteiger partial charge in [0.05, 0.1) is 30.0 Å². The molecular weight excluding hydrogens is 384 g/mol. The van der Waals surface area contributed by atoms with E-state index in [1.165, 1.54) is 17.4 Å². The van der Waals surface area contributed by atoms with E-state index in [-0.39, 0.29) is 5.91 Å². The van der Waals surface area contributed by atoms with Gasteiger partial charge in [0, 0.05) is 31.0 Å². The molecule has 29 heavy (non-hydrogen) atoms. The molecule has 152 valence electrons. The molecule has 6 nitrogen and oxygen atoms in total. The average molecular weight is 411 g/mol. The van der Waals surface area contributed by atoms with Crippen molar-refractivity contribution < 1.29 is 9.53 Å². The standard InChI is InChI=1S/C22H26N4O2S/c1-3-26-20-7-5-4-6-19(20)24-22(26)29-15-21(27)23-18-9-8-17(14-16(18)2)25-10-12-28-13-11-25/h4-9,14H,3,10-13,15H2,1-2H3,(H,23,27). The summed E-state index contributed by atoms with van der Waals surface area (Å²) in [6, 6.07) is 14.3.